The van der Waals surface area contributed by atoms with E-state index in [1.54, 1.807) is 25.4 Å². The predicted molar refractivity (Wildman–Crippen MR) is 72.4 cm³/mol. The van der Waals surface area contributed by atoms with E-state index >= 15 is 0 Å². The van der Waals surface area contributed by atoms with Crippen molar-refractivity contribution >= 4 is 21.8 Å². The molecule has 4 nitrogen and oxygen atoms in total. The van der Waals surface area contributed by atoms with E-state index < -0.39 is 0 Å². The second-order valence-corrected chi connectivity index (χ2v) is 4.89. The number of aromatic nitrogens is 1. The van der Waals surface area contributed by atoms with E-state index in [1.165, 1.54) is 5.57 Å². The highest BCUT2D eigenvalue weighted by atomic mass is 79.9. The van der Waals surface area contributed by atoms with Crippen LogP contribution in [0.15, 0.2) is 34.6 Å². The standard InChI is InChI=1S/C13H15BrN2O2/c1-18-9-10-4-7-16(8-5-10)13(17)11-3-2-6-15-12(11)14/h2-4,6H,5,7-9H2,1H3. The third-order valence-corrected chi connectivity index (χ3v) is 3.54. The van der Waals surface area contributed by atoms with E-state index in [4.69, 9.17) is 4.74 Å². The van der Waals surface area contributed by atoms with Gasteiger partial charge in [0, 0.05) is 26.4 Å². The van der Waals surface area contributed by atoms with Crippen LogP contribution in [0.5, 0.6) is 0 Å². The van der Waals surface area contributed by atoms with Gasteiger partial charge in [-0.15, -0.1) is 0 Å². The van der Waals surface area contributed by atoms with Gasteiger partial charge in [0.2, 0.25) is 0 Å². The van der Waals surface area contributed by atoms with Gasteiger partial charge in [0.05, 0.1) is 12.2 Å². The Bertz CT molecular complexity index is 474. The molecule has 2 heterocycles. The van der Waals surface area contributed by atoms with Crippen molar-refractivity contribution in [1.82, 2.24) is 9.88 Å². The molecule has 0 spiro atoms. The molecular weight excluding hydrogens is 296 g/mol. The van der Waals surface area contributed by atoms with Crippen molar-refractivity contribution in [3.63, 3.8) is 0 Å². The molecule has 0 unspecified atom stereocenters. The molecule has 1 aromatic heterocycles. The molecular formula is C13H15BrN2O2. The number of methoxy groups -OCH3 is 1. The summed E-state index contributed by atoms with van der Waals surface area (Å²) < 4.78 is 5.69. The second-order valence-electron chi connectivity index (χ2n) is 4.14. The normalized spacial score (nSPS) is 15.4. The fourth-order valence-electron chi connectivity index (χ4n) is 1.93. The Morgan fingerprint density at radius 3 is 3.06 bits per heavy atom. The molecule has 1 aromatic rings. The van der Waals surface area contributed by atoms with Gasteiger partial charge < -0.3 is 9.64 Å². The minimum Gasteiger partial charge on any atom is -0.380 e. The number of carbonyl (C=O) groups is 1. The van der Waals surface area contributed by atoms with Crippen LogP contribution >= 0.6 is 15.9 Å². The van der Waals surface area contributed by atoms with Crippen LogP contribution in [0.25, 0.3) is 0 Å². The molecule has 0 bridgehead atoms. The van der Waals surface area contributed by atoms with E-state index in [1.807, 2.05) is 4.90 Å². The van der Waals surface area contributed by atoms with Crippen LogP contribution in [0, 0.1) is 0 Å². The largest absolute Gasteiger partial charge is 0.380 e. The Morgan fingerprint density at radius 1 is 1.61 bits per heavy atom. The van der Waals surface area contributed by atoms with Crippen LogP contribution in [0.2, 0.25) is 0 Å². The van der Waals surface area contributed by atoms with Gasteiger partial charge in [-0.1, -0.05) is 6.08 Å². The van der Waals surface area contributed by atoms with Gasteiger partial charge in [-0.25, -0.2) is 4.98 Å². The highest BCUT2D eigenvalue weighted by molar-refractivity contribution is 9.10. The Labute approximate surface area is 115 Å². The SMILES string of the molecule is COCC1=CCN(C(=O)c2cccnc2Br)CC1. The number of hydrogen-bond donors (Lipinski definition) is 0. The van der Waals surface area contributed by atoms with E-state index in [-0.39, 0.29) is 5.91 Å². The Kier molecular flexibility index (Phi) is 4.49. The number of nitrogens with zero attached hydrogens (tertiary/aromatic N) is 2. The molecule has 96 valence electrons. The first-order valence-corrected chi connectivity index (χ1v) is 6.58. The zero-order valence-corrected chi connectivity index (χ0v) is 11.8. The number of ether oxygens (including phenoxy) is 1. The van der Waals surface area contributed by atoms with Crippen LogP contribution in [0.4, 0.5) is 0 Å². The summed E-state index contributed by atoms with van der Waals surface area (Å²) in [6.07, 6.45) is 4.60. The van der Waals surface area contributed by atoms with Crippen molar-refractivity contribution in [1.29, 1.82) is 0 Å². The van der Waals surface area contributed by atoms with Crippen molar-refractivity contribution in [2.24, 2.45) is 0 Å². The third kappa shape index (κ3) is 2.97. The van der Waals surface area contributed by atoms with E-state index in [9.17, 15) is 4.79 Å². The zero-order chi connectivity index (χ0) is 13.0. The van der Waals surface area contributed by atoms with Crippen molar-refractivity contribution in [2.75, 3.05) is 26.8 Å². The number of amides is 1. The summed E-state index contributed by atoms with van der Waals surface area (Å²) in [5.74, 6) is 0.0164. The molecule has 0 N–H and O–H groups in total. The molecule has 1 amide bonds. The predicted octanol–water partition coefficient (Wildman–Crippen LogP) is 2.26. The molecule has 0 fully saturated rings. The molecule has 0 aliphatic carbocycles. The van der Waals surface area contributed by atoms with Crippen LogP contribution < -0.4 is 0 Å². The maximum atomic E-state index is 12.3. The maximum Gasteiger partial charge on any atom is 0.256 e. The number of pyridine rings is 1. The van der Waals surface area contributed by atoms with Gasteiger partial charge in [-0.3, -0.25) is 4.79 Å². The lowest BCUT2D eigenvalue weighted by atomic mass is 10.1. The fraction of sp³-hybridized carbons (Fsp3) is 0.385. The topological polar surface area (TPSA) is 42.4 Å². The van der Waals surface area contributed by atoms with Crippen molar-refractivity contribution in [3.8, 4) is 0 Å². The summed E-state index contributed by atoms with van der Waals surface area (Å²) in [6.45, 7) is 2.02. The van der Waals surface area contributed by atoms with E-state index in [0.29, 0.717) is 23.3 Å². The molecule has 0 aromatic carbocycles. The quantitative estimate of drug-likeness (QED) is 0.635. The van der Waals surface area contributed by atoms with E-state index in [0.717, 1.165) is 13.0 Å². The summed E-state index contributed by atoms with van der Waals surface area (Å²) in [7, 11) is 1.69. The van der Waals surface area contributed by atoms with Crippen molar-refractivity contribution in [2.45, 2.75) is 6.42 Å². The highest BCUT2D eigenvalue weighted by Gasteiger charge is 2.20. The Hall–Kier alpha value is -1.20. The maximum absolute atomic E-state index is 12.3. The van der Waals surface area contributed by atoms with Crippen LogP contribution in [0.1, 0.15) is 16.8 Å². The fourth-order valence-corrected chi connectivity index (χ4v) is 2.35. The summed E-state index contributed by atoms with van der Waals surface area (Å²) in [5, 5.41) is 0. The van der Waals surface area contributed by atoms with Crippen molar-refractivity contribution in [3.05, 3.63) is 40.1 Å². The minimum absolute atomic E-state index is 0.0164. The highest BCUT2D eigenvalue weighted by Crippen LogP contribution is 2.18. The number of rotatable bonds is 3. The van der Waals surface area contributed by atoms with Gasteiger partial charge in [0.15, 0.2) is 0 Å². The molecule has 0 radical (unpaired) electrons. The Morgan fingerprint density at radius 2 is 2.44 bits per heavy atom. The molecule has 0 saturated heterocycles. The molecule has 5 heteroatoms. The minimum atomic E-state index is 0.0164. The smallest absolute Gasteiger partial charge is 0.256 e. The van der Waals surface area contributed by atoms with Crippen LogP contribution in [-0.2, 0) is 4.74 Å². The lowest BCUT2D eigenvalue weighted by Gasteiger charge is -2.26. The third-order valence-electron chi connectivity index (χ3n) is 2.91. The average molecular weight is 311 g/mol. The molecule has 1 aliphatic heterocycles. The monoisotopic (exact) mass is 310 g/mol. The molecule has 18 heavy (non-hydrogen) atoms. The van der Waals surface area contributed by atoms with Gasteiger partial charge in [0.1, 0.15) is 4.60 Å². The number of hydrogen-bond acceptors (Lipinski definition) is 3. The summed E-state index contributed by atoms with van der Waals surface area (Å²) in [5.41, 5.74) is 1.87. The lowest BCUT2D eigenvalue weighted by Crippen LogP contribution is -2.35. The van der Waals surface area contributed by atoms with Gasteiger partial charge in [0.25, 0.3) is 5.91 Å². The van der Waals surface area contributed by atoms with Crippen molar-refractivity contribution < 1.29 is 9.53 Å². The second kappa shape index (κ2) is 6.11. The Balaban J connectivity index is 2.06. The first-order chi connectivity index (χ1) is 8.72. The summed E-state index contributed by atoms with van der Waals surface area (Å²) >= 11 is 3.31. The lowest BCUT2D eigenvalue weighted by molar-refractivity contribution is 0.0763. The van der Waals surface area contributed by atoms with Gasteiger partial charge >= 0.3 is 0 Å². The number of halogens is 1. The molecule has 2 rings (SSSR count). The summed E-state index contributed by atoms with van der Waals surface area (Å²) in [6, 6.07) is 3.56. The van der Waals surface area contributed by atoms with E-state index in [2.05, 4.69) is 27.0 Å². The summed E-state index contributed by atoms with van der Waals surface area (Å²) in [4.78, 5) is 18.2. The molecule has 0 saturated carbocycles. The molecule has 1 aliphatic rings. The van der Waals surface area contributed by atoms with Gasteiger partial charge in [-0.05, 0) is 40.1 Å². The zero-order valence-electron chi connectivity index (χ0n) is 10.2. The first kappa shape index (κ1) is 13.2. The van der Waals surface area contributed by atoms with Gasteiger partial charge in [-0.2, -0.15) is 0 Å². The molecule has 0 atom stereocenters. The number of carbonyl (C=O) groups excluding carboxylic acids is 1. The van der Waals surface area contributed by atoms with Crippen LogP contribution in [-0.4, -0.2) is 42.6 Å². The first-order valence-electron chi connectivity index (χ1n) is 5.79. The average Bonchev–Trinajstić information content (AvgIpc) is 2.40. The van der Waals surface area contributed by atoms with Crippen LogP contribution in [0.3, 0.4) is 0 Å².